The number of oxime groups is 1. The second kappa shape index (κ2) is 28.5. The Morgan fingerprint density at radius 3 is 2.12 bits per heavy atom. The van der Waals surface area contributed by atoms with Crippen LogP contribution in [0.25, 0.3) is 0 Å². The summed E-state index contributed by atoms with van der Waals surface area (Å²) in [6.07, 6.45) is -9.49. The number of likely N-dealkylation sites (N-methyl/N-ethyl adjacent to an activating group) is 1. The van der Waals surface area contributed by atoms with Crippen LogP contribution in [0.3, 0.4) is 0 Å². The number of nitrogens with one attached hydrogen (secondary N) is 1. The lowest BCUT2D eigenvalue weighted by molar-refractivity contribution is -0.317. The lowest BCUT2D eigenvalue weighted by Gasteiger charge is -2.49. The maximum absolute atomic E-state index is 14.3. The molecule has 1 aromatic carbocycles. The molecule has 24 nitrogen and oxygen atoms in total. The first-order valence-corrected chi connectivity index (χ1v) is 27.5. The van der Waals surface area contributed by atoms with Crippen molar-refractivity contribution in [3.8, 4) is 5.88 Å². The average Bonchev–Trinajstić information content (AvgIpc) is 3.37. The van der Waals surface area contributed by atoms with Crippen LogP contribution in [0.4, 0.5) is 11.5 Å². The minimum absolute atomic E-state index is 0.0307. The maximum atomic E-state index is 14.3. The van der Waals surface area contributed by atoms with Gasteiger partial charge >= 0.3 is 5.97 Å². The number of esters is 1. The number of benzene rings is 1. The van der Waals surface area contributed by atoms with E-state index in [2.05, 4.69) is 20.1 Å². The van der Waals surface area contributed by atoms with E-state index in [1.54, 1.807) is 55.6 Å². The SMILES string of the molecule is CC[C@H]1OC(=O)[C@H](C)[C@@H](OC2CC(C)(OC)C(O)C(C)O2)[C@H](C)[C@@H](OC2OC(C)CC(N(C)C)C2O)[C@](C)(O)C[C@@H](C)/C(=N\OCOCCOC)[C@H](C)[C@@H](O)[C@]1(C)O.COc1ccc(NS(=O)(=O)c2ccc(N)cc2)nn1. The van der Waals surface area contributed by atoms with Gasteiger partial charge in [0.05, 0.1) is 78.6 Å². The van der Waals surface area contributed by atoms with Crippen LogP contribution in [0.15, 0.2) is 46.4 Å². The molecule has 0 spiro atoms. The highest BCUT2D eigenvalue weighted by molar-refractivity contribution is 7.92. The Bertz CT molecular complexity index is 2260. The lowest BCUT2D eigenvalue weighted by atomic mass is 9.73. The summed E-state index contributed by atoms with van der Waals surface area (Å²) in [6.45, 7) is 17.3. The Hall–Kier alpha value is -3.93. The molecule has 3 aliphatic rings. The average molecular weight is 1120 g/mol. The monoisotopic (exact) mass is 1120 g/mol. The number of carbonyl (C=O) groups is 1. The molecule has 18 atom stereocenters. The number of aliphatic hydroxyl groups excluding tert-OH is 3. The van der Waals surface area contributed by atoms with Gasteiger partial charge in [0.1, 0.15) is 23.9 Å². The van der Waals surface area contributed by atoms with E-state index in [4.69, 9.17) is 53.2 Å². The molecule has 3 aliphatic heterocycles. The van der Waals surface area contributed by atoms with E-state index < -0.39 is 112 Å². The molecular weight excluding hydrogens is 1030 g/mol. The maximum Gasteiger partial charge on any atom is 0.311 e. The largest absolute Gasteiger partial charge is 0.480 e. The highest BCUT2D eigenvalue weighted by Gasteiger charge is 2.53. The van der Waals surface area contributed by atoms with Crippen molar-refractivity contribution in [3.63, 3.8) is 0 Å². The fraction of sp³-hybridized carbons (Fsp3) is 0.769. The van der Waals surface area contributed by atoms with Crippen LogP contribution < -0.4 is 15.2 Å². The van der Waals surface area contributed by atoms with Crippen molar-refractivity contribution in [2.75, 3.05) is 65.9 Å². The zero-order chi connectivity index (χ0) is 57.8. The number of methoxy groups -OCH3 is 3. The fourth-order valence-corrected chi connectivity index (χ4v) is 11.3. The summed E-state index contributed by atoms with van der Waals surface area (Å²) >= 11 is 0. The number of nitrogens with zero attached hydrogens (tertiary/aromatic N) is 4. The highest BCUT2D eigenvalue weighted by Crippen LogP contribution is 2.41. The van der Waals surface area contributed by atoms with E-state index in [0.717, 1.165) is 0 Å². The first-order chi connectivity index (χ1) is 36.0. The standard InChI is InChI=1S/C41H76N2O15.C11H12N4O3S/c1-15-29-41(10,49)34(45)24(4)31(42-53-21-52-17-16-50-13)22(2)19-39(8,48)36(58-38-32(44)28(43(11)12)18-23(3)54-38)25(5)33(26(6)37(47)56-29)57-30-20-40(9,51-14)35(46)27(7)55-30;1-18-11-7-6-10(13-14-11)15-19(16,17)9-4-2-8(12)3-5-9/h22-30,32-36,38,44-46,48-49H,15-21H2,1-14H3;2-7H,12H2,1H3,(H,13,15)/b42-31+;/t22-,23?,24+,25+,26-,27?,28?,29-,30?,32?,33+,34-,35?,36-,38?,39-,40?,41-;/m1./s1. The summed E-state index contributed by atoms with van der Waals surface area (Å²) < 4.78 is 79.3. The van der Waals surface area contributed by atoms with Crippen LogP contribution in [0, 0.1) is 23.7 Å². The second-order valence-corrected chi connectivity index (χ2v) is 23.1. The zero-order valence-corrected chi connectivity index (χ0v) is 48.2. The summed E-state index contributed by atoms with van der Waals surface area (Å²) in [6, 6.07) is 8.48. The summed E-state index contributed by atoms with van der Waals surface area (Å²) in [4.78, 5) is 21.9. The van der Waals surface area contributed by atoms with E-state index in [9.17, 15) is 38.7 Å². The number of carbonyl (C=O) groups excluding carboxylic acids is 1. The predicted molar refractivity (Wildman–Crippen MR) is 283 cm³/mol. The van der Waals surface area contributed by atoms with Crippen LogP contribution in [0.1, 0.15) is 94.9 Å². The van der Waals surface area contributed by atoms with Gasteiger partial charge in [-0.05, 0) is 105 Å². The normalized spacial score (nSPS) is 37.2. The third-order valence-corrected chi connectivity index (χ3v) is 16.2. The van der Waals surface area contributed by atoms with Gasteiger partial charge in [-0.25, -0.2) is 8.42 Å². The van der Waals surface area contributed by atoms with Gasteiger partial charge in [-0.3, -0.25) is 9.52 Å². The molecule has 4 heterocycles. The van der Waals surface area contributed by atoms with E-state index in [1.807, 2.05) is 32.8 Å². The number of rotatable bonds is 17. The molecule has 77 heavy (non-hydrogen) atoms. The fourth-order valence-electron chi connectivity index (χ4n) is 10.3. The summed E-state index contributed by atoms with van der Waals surface area (Å²) in [5.41, 5.74) is 1.50. The van der Waals surface area contributed by atoms with E-state index in [1.165, 1.54) is 57.5 Å². The number of ether oxygens (including phenoxy) is 9. The minimum atomic E-state index is -3.70. The van der Waals surface area contributed by atoms with Gasteiger partial charge < -0.3 is 83.6 Å². The van der Waals surface area contributed by atoms with Gasteiger partial charge in [0, 0.05) is 56.2 Å². The number of aromatic nitrogens is 2. The van der Waals surface area contributed by atoms with Crippen LogP contribution in [0.2, 0.25) is 0 Å². The molecule has 8 unspecified atom stereocenters. The number of nitrogen functional groups attached to an aromatic ring is 1. The summed E-state index contributed by atoms with van der Waals surface area (Å²) in [5.74, 6) is -3.73. The predicted octanol–water partition coefficient (Wildman–Crippen LogP) is 3.08. The number of aliphatic hydroxyl groups is 5. The molecule has 3 fully saturated rings. The van der Waals surface area contributed by atoms with Crippen molar-refractivity contribution in [3.05, 3.63) is 36.4 Å². The summed E-state index contributed by atoms with van der Waals surface area (Å²) in [7, 11) is 4.51. The lowest BCUT2D eigenvalue weighted by Crippen LogP contribution is -2.61. The Balaban J connectivity index is 0.000000560. The molecule has 0 saturated carbocycles. The first-order valence-electron chi connectivity index (χ1n) is 26.0. The smallest absolute Gasteiger partial charge is 0.311 e. The van der Waals surface area contributed by atoms with E-state index in [0.29, 0.717) is 30.3 Å². The molecule has 1 aromatic heterocycles. The molecule has 440 valence electrons. The molecule has 3 saturated heterocycles. The summed E-state index contributed by atoms with van der Waals surface area (Å²) in [5, 5.41) is 70.9. The van der Waals surface area contributed by atoms with Crippen LogP contribution in [-0.2, 0) is 57.6 Å². The molecule has 0 radical (unpaired) electrons. The number of cyclic esters (lactones) is 1. The molecular formula is C52H88N6O18S. The number of anilines is 2. The van der Waals surface area contributed by atoms with Crippen molar-refractivity contribution in [2.24, 2.45) is 28.8 Å². The highest BCUT2D eigenvalue weighted by atomic mass is 32.2. The Kier molecular flexibility index (Phi) is 24.3. The van der Waals surface area contributed by atoms with Crippen molar-refractivity contribution in [1.82, 2.24) is 15.1 Å². The number of nitrogens with two attached hydrogens (primary N) is 1. The quantitative estimate of drug-likeness (QED) is 0.0393. The van der Waals surface area contributed by atoms with E-state index in [-0.39, 0.29) is 55.5 Å². The molecule has 8 N–H and O–H groups in total. The third kappa shape index (κ3) is 17.0. The Morgan fingerprint density at radius 2 is 1.55 bits per heavy atom. The van der Waals surface area contributed by atoms with Crippen molar-refractivity contribution in [1.29, 1.82) is 0 Å². The van der Waals surface area contributed by atoms with Crippen LogP contribution in [0.5, 0.6) is 5.88 Å². The zero-order valence-electron chi connectivity index (χ0n) is 47.4. The molecule has 5 rings (SSSR count). The van der Waals surface area contributed by atoms with Crippen molar-refractivity contribution in [2.45, 2.75) is 184 Å². The van der Waals surface area contributed by atoms with Gasteiger partial charge in [-0.2, -0.15) is 0 Å². The number of hydrogen-bond donors (Lipinski definition) is 7. The minimum Gasteiger partial charge on any atom is -0.480 e. The van der Waals surface area contributed by atoms with Crippen LogP contribution >= 0.6 is 0 Å². The van der Waals surface area contributed by atoms with Gasteiger partial charge in [-0.1, -0.05) is 32.9 Å². The third-order valence-electron chi connectivity index (χ3n) is 14.9. The van der Waals surface area contributed by atoms with Gasteiger partial charge in [-0.15, -0.1) is 10.2 Å². The van der Waals surface area contributed by atoms with E-state index >= 15 is 0 Å². The van der Waals surface area contributed by atoms with Gasteiger partial charge in [0.2, 0.25) is 12.7 Å². The van der Waals surface area contributed by atoms with Crippen molar-refractivity contribution < 1.29 is 86.2 Å². The van der Waals surface area contributed by atoms with Crippen LogP contribution in [-0.4, -0.2) is 200 Å². The second-order valence-electron chi connectivity index (χ2n) is 21.4. The molecule has 2 aromatic rings. The number of sulfonamides is 1. The Labute approximate surface area is 454 Å². The Morgan fingerprint density at radius 1 is 0.883 bits per heavy atom. The molecule has 0 amide bonds. The van der Waals surface area contributed by atoms with Gasteiger partial charge in [0.25, 0.3) is 10.0 Å². The number of hydrogen-bond acceptors (Lipinski definition) is 23. The van der Waals surface area contributed by atoms with Crippen molar-refractivity contribution >= 4 is 33.2 Å². The first kappa shape index (κ1) is 65.6. The molecule has 0 aliphatic carbocycles. The van der Waals surface area contributed by atoms with Gasteiger partial charge in [0.15, 0.2) is 18.4 Å². The molecule has 25 heteroatoms. The molecule has 0 bridgehead atoms. The topological polar surface area (TPSA) is 324 Å².